The molecule has 1 unspecified atom stereocenters. The lowest BCUT2D eigenvalue weighted by Crippen LogP contribution is -2.30. The van der Waals surface area contributed by atoms with Crippen molar-refractivity contribution < 1.29 is 28.2 Å². The summed E-state index contributed by atoms with van der Waals surface area (Å²) >= 11 is 0. The van der Waals surface area contributed by atoms with Crippen molar-refractivity contribution >= 4 is 23.3 Å². The van der Waals surface area contributed by atoms with E-state index in [1.807, 2.05) is 40.7 Å². The van der Waals surface area contributed by atoms with Gasteiger partial charge in [-0.25, -0.2) is 4.39 Å². The topological polar surface area (TPSA) is 101 Å². The molecule has 2 aromatic carbocycles. The zero-order chi connectivity index (χ0) is 28.9. The first-order valence-electron chi connectivity index (χ1n) is 13.5. The molecule has 0 bridgehead atoms. The van der Waals surface area contributed by atoms with Gasteiger partial charge in [0.1, 0.15) is 12.4 Å². The summed E-state index contributed by atoms with van der Waals surface area (Å²) in [5.74, 6) is -0.964. The molecule has 0 amide bonds. The van der Waals surface area contributed by atoms with Crippen LogP contribution in [0, 0.1) is 11.2 Å². The van der Waals surface area contributed by atoms with E-state index in [-0.39, 0.29) is 66.7 Å². The number of carbonyl (C=O) groups excluding carboxylic acids is 2. The number of nitrogens with one attached hydrogen (secondary N) is 2. The number of Topliss-reactive ketones (excluding diaryl/α,β-unsaturated/α-hetero) is 1. The average molecular weight is 542 g/mol. The molecule has 2 N–H and O–H groups in total. The van der Waals surface area contributed by atoms with E-state index >= 15 is 4.39 Å². The van der Waals surface area contributed by atoms with E-state index in [1.165, 1.54) is 0 Å². The van der Waals surface area contributed by atoms with Crippen molar-refractivity contribution in [1.82, 2.24) is 4.90 Å². The molecule has 0 spiro atoms. The number of carbonyl (C=O) groups is 2. The van der Waals surface area contributed by atoms with Gasteiger partial charge in [-0.1, -0.05) is 27.7 Å². The molecule has 3 rings (SSSR count). The van der Waals surface area contributed by atoms with Gasteiger partial charge in [0.05, 0.1) is 31.4 Å². The summed E-state index contributed by atoms with van der Waals surface area (Å²) in [6.45, 7) is 14.2. The Morgan fingerprint density at radius 1 is 1.13 bits per heavy atom. The Hall–Kier alpha value is -3.62. The number of rotatable bonds is 12. The third kappa shape index (κ3) is 6.88. The highest BCUT2D eigenvalue weighted by Crippen LogP contribution is 2.39. The van der Waals surface area contributed by atoms with E-state index in [9.17, 15) is 9.59 Å². The van der Waals surface area contributed by atoms with Crippen LogP contribution in [0.25, 0.3) is 0 Å². The van der Waals surface area contributed by atoms with Crippen molar-refractivity contribution in [3.8, 4) is 11.5 Å². The van der Waals surface area contributed by atoms with E-state index in [2.05, 4.69) is 5.32 Å². The van der Waals surface area contributed by atoms with Crippen LogP contribution in [-0.2, 0) is 21.5 Å². The fraction of sp³-hybridized carbons (Fsp3) is 0.500. The molecule has 0 saturated heterocycles. The maximum atomic E-state index is 15.4. The molecule has 1 aliphatic heterocycles. The Labute approximate surface area is 230 Å². The van der Waals surface area contributed by atoms with Gasteiger partial charge in [0, 0.05) is 17.8 Å². The van der Waals surface area contributed by atoms with Gasteiger partial charge in [-0.05, 0) is 68.0 Å². The summed E-state index contributed by atoms with van der Waals surface area (Å²) in [5.41, 5.74) is 2.49. The number of anilines is 1. The van der Waals surface area contributed by atoms with E-state index < -0.39 is 5.82 Å². The molecule has 1 aliphatic rings. The third-order valence-corrected chi connectivity index (χ3v) is 6.59. The number of hydrogen-bond donors (Lipinski definition) is 2. The van der Waals surface area contributed by atoms with Crippen molar-refractivity contribution in [2.45, 2.75) is 73.0 Å². The van der Waals surface area contributed by atoms with Crippen LogP contribution in [0.4, 0.5) is 10.1 Å². The first-order valence-corrected chi connectivity index (χ1v) is 13.5. The number of amidine groups is 1. The van der Waals surface area contributed by atoms with Crippen LogP contribution in [0.5, 0.6) is 11.5 Å². The summed E-state index contributed by atoms with van der Waals surface area (Å²) in [5, 5.41) is 11.8. The van der Waals surface area contributed by atoms with E-state index in [0.29, 0.717) is 23.5 Å². The van der Waals surface area contributed by atoms with Gasteiger partial charge in [0.25, 0.3) is 0 Å². The standard InChI is InChI=1S/C30H40FN3O5/c1-8-18(4)39-25(36)15-33-22-12-11-19(13-21(22)30(5,6)7)23(35)17-34-16-20-14-24(37-9-2)28(38-10-3)27(31)26(20)29(34)32/h11-14,18,32-33H,8-10,15-17H2,1-7H3. The minimum absolute atomic E-state index is 0.0121. The van der Waals surface area contributed by atoms with Gasteiger partial charge >= 0.3 is 5.97 Å². The summed E-state index contributed by atoms with van der Waals surface area (Å²) in [4.78, 5) is 27.1. The highest BCUT2D eigenvalue weighted by atomic mass is 19.1. The molecular weight excluding hydrogens is 501 g/mol. The van der Waals surface area contributed by atoms with E-state index in [1.54, 1.807) is 36.9 Å². The van der Waals surface area contributed by atoms with Gasteiger partial charge in [-0.15, -0.1) is 0 Å². The Morgan fingerprint density at radius 2 is 1.82 bits per heavy atom. The third-order valence-electron chi connectivity index (χ3n) is 6.59. The number of nitrogens with zero attached hydrogens (tertiary/aromatic N) is 1. The van der Waals surface area contributed by atoms with Crippen molar-refractivity contribution in [3.05, 3.63) is 52.3 Å². The van der Waals surface area contributed by atoms with Crippen molar-refractivity contribution in [1.29, 1.82) is 5.41 Å². The fourth-order valence-electron chi connectivity index (χ4n) is 4.43. The summed E-state index contributed by atoms with van der Waals surface area (Å²) in [6.07, 6.45) is 0.588. The Balaban J connectivity index is 1.80. The van der Waals surface area contributed by atoms with Crippen LogP contribution >= 0.6 is 0 Å². The molecule has 0 fully saturated rings. The van der Waals surface area contributed by atoms with Crippen LogP contribution in [-0.4, -0.2) is 54.9 Å². The van der Waals surface area contributed by atoms with E-state index in [4.69, 9.17) is 19.6 Å². The predicted octanol–water partition coefficient (Wildman–Crippen LogP) is 5.70. The molecule has 1 heterocycles. The Morgan fingerprint density at radius 3 is 2.44 bits per heavy atom. The van der Waals surface area contributed by atoms with Crippen LogP contribution in [0.1, 0.15) is 81.9 Å². The Bertz CT molecular complexity index is 1240. The molecule has 9 heteroatoms. The SMILES string of the molecule is CCOc1cc2c(c(F)c1OCC)C(=N)N(CC(=O)c1ccc(NCC(=O)OC(C)CC)c(C(C)(C)C)c1)C2. The molecule has 0 radical (unpaired) electrons. The monoisotopic (exact) mass is 541 g/mol. The normalized spacial score (nSPS) is 13.6. The zero-order valence-electron chi connectivity index (χ0n) is 24.0. The smallest absolute Gasteiger partial charge is 0.325 e. The second-order valence-electron chi connectivity index (χ2n) is 10.6. The molecule has 0 aromatic heterocycles. The van der Waals surface area contributed by atoms with Crippen LogP contribution in [0.2, 0.25) is 0 Å². The van der Waals surface area contributed by atoms with Gasteiger partial charge in [-0.2, -0.15) is 0 Å². The molecule has 0 aliphatic carbocycles. The quantitative estimate of drug-likeness (QED) is 0.263. The molecule has 8 nitrogen and oxygen atoms in total. The lowest BCUT2D eigenvalue weighted by molar-refractivity contribution is -0.146. The highest BCUT2D eigenvalue weighted by Gasteiger charge is 2.33. The van der Waals surface area contributed by atoms with Crippen LogP contribution in [0.3, 0.4) is 0 Å². The molecule has 212 valence electrons. The predicted molar refractivity (Wildman–Crippen MR) is 150 cm³/mol. The first-order chi connectivity index (χ1) is 18.4. The number of halogens is 1. The van der Waals surface area contributed by atoms with Crippen molar-refractivity contribution in [2.24, 2.45) is 0 Å². The molecular formula is C30H40FN3O5. The molecule has 1 atom stereocenters. The van der Waals surface area contributed by atoms with Gasteiger partial charge in [0.2, 0.25) is 0 Å². The Kier molecular flexibility index (Phi) is 9.59. The zero-order valence-corrected chi connectivity index (χ0v) is 24.0. The summed E-state index contributed by atoms with van der Waals surface area (Å²) in [7, 11) is 0. The minimum Gasteiger partial charge on any atom is -0.490 e. The average Bonchev–Trinajstić information content (AvgIpc) is 3.19. The minimum atomic E-state index is -0.643. The number of benzene rings is 2. The number of fused-ring (bicyclic) bond motifs is 1. The van der Waals surface area contributed by atoms with E-state index in [0.717, 1.165) is 17.7 Å². The maximum Gasteiger partial charge on any atom is 0.325 e. The highest BCUT2D eigenvalue weighted by molar-refractivity contribution is 6.06. The molecule has 39 heavy (non-hydrogen) atoms. The maximum absolute atomic E-state index is 15.4. The first kappa shape index (κ1) is 29.9. The number of ether oxygens (including phenoxy) is 3. The number of ketones is 1. The molecule has 0 saturated carbocycles. The van der Waals surface area contributed by atoms with Gasteiger partial charge < -0.3 is 24.4 Å². The fourth-order valence-corrected chi connectivity index (χ4v) is 4.43. The van der Waals surface area contributed by atoms with Gasteiger partial charge in [0.15, 0.2) is 23.1 Å². The second kappa shape index (κ2) is 12.5. The lowest BCUT2D eigenvalue weighted by atomic mass is 9.84. The van der Waals surface area contributed by atoms with Crippen molar-refractivity contribution in [3.63, 3.8) is 0 Å². The summed E-state index contributed by atoms with van der Waals surface area (Å²) < 4.78 is 31.8. The molecule has 2 aromatic rings. The van der Waals surface area contributed by atoms with Gasteiger partial charge in [-0.3, -0.25) is 15.0 Å². The van der Waals surface area contributed by atoms with Crippen LogP contribution in [0.15, 0.2) is 24.3 Å². The lowest BCUT2D eigenvalue weighted by Gasteiger charge is -2.25. The largest absolute Gasteiger partial charge is 0.490 e. The van der Waals surface area contributed by atoms with Crippen LogP contribution < -0.4 is 14.8 Å². The van der Waals surface area contributed by atoms with Crippen molar-refractivity contribution in [2.75, 3.05) is 31.6 Å². The number of hydrogen-bond acceptors (Lipinski definition) is 7. The summed E-state index contributed by atoms with van der Waals surface area (Å²) in [6, 6.07) is 7.00. The number of esters is 1. The second-order valence-corrected chi connectivity index (χ2v) is 10.6.